The molecule has 1 aliphatic heterocycles. The third-order valence-electron chi connectivity index (χ3n) is 2.33. The highest BCUT2D eigenvalue weighted by Crippen LogP contribution is 2.29. The average Bonchev–Trinajstić information content (AvgIpc) is 2.37. The van der Waals surface area contributed by atoms with Gasteiger partial charge in [-0.1, -0.05) is 0 Å². The van der Waals surface area contributed by atoms with E-state index in [4.69, 9.17) is 14.6 Å². The average molecular weight is 203 g/mol. The Morgan fingerprint density at radius 2 is 1.79 bits per heavy atom. The fourth-order valence-electron chi connectivity index (χ4n) is 1.69. The van der Waals surface area contributed by atoms with Crippen LogP contribution < -0.4 is 0 Å². The molecule has 0 aromatic heterocycles. The van der Waals surface area contributed by atoms with Gasteiger partial charge in [-0.05, 0) is 34.4 Å². The lowest BCUT2D eigenvalue weighted by molar-refractivity contribution is -0.149. The van der Waals surface area contributed by atoms with Crippen LogP contribution in [0.5, 0.6) is 0 Å². The van der Waals surface area contributed by atoms with Crippen molar-refractivity contribution in [3.8, 4) is 0 Å². The molecule has 0 radical (unpaired) electrons. The number of aliphatic hydroxyl groups excluding tert-OH is 1. The highest BCUT2D eigenvalue weighted by atomic mass is 16.8. The largest absolute Gasteiger partial charge is 0.394 e. The van der Waals surface area contributed by atoms with E-state index in [0.717, 1.165) is 13.0 Å². The monoisotopic (exact) mass is 203 g/mol. The molecule has 1 aliphatic rings. The molecule has 0 aromatic rings. The quantitative estimate of drug-likeness (QED) is 0.720. The van der Waals surface area contributed by atoms with Crippen LogP contribution in [0.3, 0.4) is 0 Å². The first-order valence-electron chi connectivity index (χ1n) is 5.06. The van der Waals surface area contributed by atoms with Crippen LogP contribution in [-0.4, -0.2) is 55.2 Å². The molecule has 84 valence electrons. The SMILES string of the molecule is CN(C)CCC1OC(C)(C)OC1CO. The zero-order valence-electron chi connectivity index (χ0n) is 9.49. The minimum atomic E-state index is -0.551. The Bertz CT molecular complexity index is 182. The Morgan fingerprint density at radius 3 is 2.29 bits per heavy atom. The van der Waals surface area contributed by atoms with E-state index in [0.29, 0.717) is 0 Å². The van der Waals surface area contributed by atoms with Gasteiger partial charge in [-0.15, -0.1) is 0 Å². The number of ether oxygens (including phenoxy) is 2. The molecule has 0 aromatic carbocycles. The van der Waals surface area contributed by atoms with E-state index < -0.39 is 5.79 Å². The normalized spacial score (nSPS) is 31.3. The number of aliphatic hydroxyl groups is 1. The lowest BCUT2D eigenvalue weighted by Gasteiger charge is -2.18. The Morgan fingerprint density at radius 1 is 1.21 bits per heavy atom. The topological polar surface area (TPSA) is 41.9 Å². The molecule has 1 saturated heterocycles. The summed E-state index contributed by atoms with van der Waals surface area (Å²) in [4.78, 5) is 2.10. The Labute approximate surface area is 85.8 Å². The maximum absolute atomic E-state index is 9.12. The van der Waals surface area contributed by atoms with E-state index in [2.05, 4.69) is 4.90 Å². The van der Waals surface area contributed by atoms with E-state index in [1.165, 1.54) is 0 Å². The summed E-state index contributed by atoms with van der Waals surface area (Å²) in [5, 5.41) is 9.12. The predicted molar refractivity (Wildman–Crippen MR) is 54.1 cm³/mol. The van der Waals surface area contributed by atoms with E-state index in [-0.39, 0.29) is 18.8 Å². The maximum atomic E-state index is 9.12. The molecule has 2 unspecified atom stereocenters. The van der Waals surface area contributed by atoms with E-state index in [1.807, 2.05) is 27.9 Å². The Hall–Kier alpha value is -0.160. The van der Waals surface area contributed by atoms with Crippen LogP contribution >= 0.6 is 0 Å². The zero-order valence-corrected chi connectivity index (χ0v) is 9.49. The van der Waals surface area contributed by atoms with Crippen molar-refractivity contribution >= 4 is 0 Å². The van der Waals surface area contributed by atoms with Crippen molar-refractivity contribution in [2.24, 2.45) is 0 Å². The molecule has 1 fully saturated rings. The predicted octanol–water partition coefficient (Wildman–Crippen LogP) is 0.450. The molecule has 2 atom stereocenters. The summed E-state index contributed by atoms with van der Waals surface area (Å²) in [6, 6.07) is 0. The van der Waals surface area contributed by atoms with Crippen LogP contribution in [0, 0.1) is 0 Å². The molecule has 0 saturated carbocycles. The van der Waals surface area contributed by atoms with Crippen LogP contribution in [0.2, 0.25) is 0 Å². The molecule has 14 heavy (non-hydrogen) atoms. The molecular weight excluding hydrogens is 182 g/mol. The van der Waals surface area contributed by atoms with Gasteiger partial charge in [0.1, 0.15) is 6.10 Å². The first-order valence-corrected chi connectivity index (χ1v) is 5.06. The minimum Gasteiger partial charge on any atom is -0.394 e. The molecule has 4 nitrogen and oxygen atoms in total. The van der Waals surface area contributed by atoms with Crippen molar-refractivity contribution in [1.82, 2.24) is 4.90 Å². The van der Waals surface area contributed by atoms with Gasteiger partial charge in [0.05, 0.1) is 12.7 Å². The molecule has 1 rings (SSSR count). The number of nitrogens with zero attached hydrogens (tertiary/aromatic N) is 1. The van der Waals surface area contributed by atoms with Crippen molar-refractivity contribution in [3.63, 3.8) is 0 Å². The summed E-state index contributed by atoms with van der Waals surface area (Å²) in [6.07, 6.45) is 0.726. The third kappa shape index (κ3) is 3.20. The van der Waals surface area contributed by atoms with Crippen molar-refractivity contribution in [1.29, 1.82) is 0 Å². The molecule has 0 spiro atoms. The van der Waals surface area contributed by atoms with Gasteiger partial charge < -0.3 is 19.5 Å². The van der Waals surface area contributed by atoms with Crippen LogP contribution in [0.15, 0.2) is 0 Å². The van der Waals surface area contributed by atoms with Gasteiger partial charge in [0.25, 0.3) is 0 Å². The molecular formula is C10H21NO3. The Balaban J connectivity index is 2.43. The lowest BCUT2D eigenvalue weighted by Crippen LogP contribution is -2.29. The summed E-state index contributed by atoms with van der Waals surface area (Å²) >= 11 is 0. The zero-order chi connectivity index (χ0) is 10.8. The van der Waals surface area contributed by atoms with E-state index in [1.54, 1.807) is 0 Å². The second kappa shape index (κ2) is 4.57. The van der Waals surface area contributed by atoms with Crippen LogP contribution in [0.25, 0.3) is 0 Å². The van der Waals surface area contributed by atoms with E-state index >= 15 is 0 Å². The summed E-state index contributed by atoms with van der Waals surface area (Å²) in [5.41, 5.74) is 0. The van der Waals surface area contributed by atoms with E-state index in [9.17, 15) is 0 Å². The van der Waals surface area contributed by atoms with Crippen LogP contribution in [0.1, 0.15) is 20.3 Å². The summed E-state index contributed by atoms with van der Waals surface area (Å²) in [6.45, 7) is 4.73. The summed E-state index contributed by atoms with van der Waals surface area (Å²) in [5.74, 6) is -0.551. The lowest BCUT2D eigenvalue weighted by atomic mass is 10.1. The van der Waals surface area contributed by atoms with Gasteiger partial charge in [0.15, 0.2) is 5.79 Å². The third-order valence-corrected chi connectivity index (χ3v) is 2.33. The first-order chi connectivity index (χ1) is 6.44. The second-order valence-electron chi connectivity index (χ2n) is 4.49. The van der Waals surface area contributed by atoms with Crippen molar-refractivity contribution < 1.29 is 14.6 Å². The maximum Gasteiger partial charge on any atom is 0.163 e. The van der Waals surface area contributed by atoms with Gasteiger partial charge in [-0.25, -0.2) is 0 Å². The smallest absolute Gasteiger partial charge is 0.163 e. The first kappa shape index (κ1) is 11.9. The van der Waals surface area contributed by atoms with Gasteiger partial charge in [-0.2, -0.15) is 0 Å². The molecule has 1 heterocycles. The summed E-state index contributed by atoms with van der Waals surface area (Å²) < 4.78 is 11.2. The van der Waals surface area contributed by atoms with Gasteiger partial charge in [0.2, 0.25) is 0 Å². The standard InChI is InChI=1S/C10H21NO3/c1-10(2)13-8(5-6-11(3)4)9(7-12)14-10/h8-9,12H,5-7H2,1-4H3. The number of hydrogen-bond donors (Lipinski definition) is 1. The van der Waals surface area contributed by atoms with Gasteiger partial charge in [-0.3, -0.25) is 0 Å². The molecule has 1 N–H and O–H groups in total. The fraction of sp³-hybridized carbons (Fsp3) is 1.00. The van der Waals surface area contributed by atoms with Crippen molar-refractivity contribution in [2.75, 3.05) is 27.2 Å². The second-order valence-corrected chi connectivity index (χ2v) is 4.49. The molecule has 0 amide bonds. The summed E-state index contributed by atoms with van der Waals surface area (Å²) in [7, 11) is 4.05. The van der Waals surface area contributed by atoms with Crippen LogP contribution in [0.4, 0.5) is 0 Å². The number of rotatable bonds is 4. The minimum absolute atomic E-state index is 0.0115. The highest BCUT2D eigenvalue weighted by Gasteiger charge is 2.40. The Kier molecular flexibility index (Phi) is 3.89. The van der Waals surface area contributed by atoms with Gasteiger partial charge in [0, 0.05) is 6.54 Å². The van der Waals surface area contributed by atoms with Gasteiger partial charge >= 0.3 is 0 Å². The van der Waals surface area contributed by atoms with Crippen molar-refractivity contribution in [3.05, 3.63) is 0 Å². The fourth-order valence-corrected chi connectivity index (χ4v) is 1.69. The van der Waals surface area contributed by atoms with Crippen molar-refractivity contribution in [2.45, 2.75) is 38.3 Å². The molecule has 0 aliphatic carbocycles. The molecule has 0 bridgehead atoms. The van der Waals surface area contributed by atoms with Crippen LogP contribution in [-0.2, 0) is 9.47 Å². The molecule has 4 heteroatoms. The highest BCUT2D eigenvalue weighted by molar-refractivity contribution is 4.81. The number of hydrogen-bond acceptors (Lipinski definition) is 4.